The maximum absolute atomic E-state index is 3.57. The van der Waals surface area contributed by atoms with Gasteiger partial charge in [0.2, 0.25) is 0 Å². The lowest BCUT2D eigenvalue weighted by Gasteiger charge is -2.22. The Morgan fingerprint density at radius 1 is 1.17 bits per heavy atom. The first-order valence-corrected chi connectivity index (χ1v) is 6.66. The first kappa shape index (κ1) is 13.1. The summed E-state index contributed by atoms with van der Waals surface area (Å²) in [6.45, 7) is 9.71. The molecule has 0 unspecified atom stereocenters. The molecule has 0 saturated heterocycles. The van der Waals surface area contributed by atoms with Crippen molar-refractivity contribution < 1.29 is 0 Å². The van der Waals surface area contributed by atoms with E-state index in [-0.39, 0.29) is 5.54 Å². The number of hydrogen-bond donors (Lipinski definition) is 1. The van der Waals surface area contributed by atoms with Gasteiger partial charge < -0.3 is 5.32 Å². The molecule has 0 aliphatic heterocycles. The lowest BCUT2D eigenvalue weighted by Crippen LogP contribution is -2.35. The summed E-state index contributed by atoms with van der Waals surface area (Å²) in [6.07, 6.45) is 5.66. The number of nitrogens with one attached hydrogen (secondary N) is 1. The fraction of sp³-hybridized carbons (Fsp3) is 0.412. The highest BCUT2D eigenvalue weighted by molar-refractivity contribution is 5.74. The zero-order valence-electron chi connectivity index (χ0n) is 11.9. The van der Waals surface area contributed by atoms with E-state index in [1.54, 1.807) is 0 Å². The van der Waals surface area contributed by atoms with Gasteiger partial charge in [-0.2, -0.15) is 0 Å². The van der Waals surface area contributed by atoms with Gasteiger partial charge >= 0.3 is 0 Å². The fourth-order valence-electron chi connectivity index (χ4n) is 2.20. The molecule has 1 nitrogen and oxygen atoms in total. The smallest absolute Gasteiger partial charge is 0.0216 e. The number of hydrogen-bond acceptors (Lipinski definition) is 1. The van der Waals surface area contributed by atoms with Crippen molar-refractivity contribution in [3.8, 4) is 0 Å². The largest absolute Gasteiger partial charge is 0.308 e. The minimum atomic E-state index is 0.158. The van der Waals surface area contributed by atoms with E-state index in [4.69, 9.17) is 0 Å². The zero-order chi connectivity index (χ0) is 13.2. The quantitative estimate of drug-likeness (QED) is 0.831. The van der Waals surface area contributed by atoms with Crippen LogP contribution in [0.5, 0.6) is 0 Å². The third-order valence-electron chi connectivity index (χ3n) is 3.22. The highest BCUT2D eigenvalue weighted by Crippen LogP contribution is 2.29. The summed E-state index contributed by atoms with van der Waals surface area (Å²) in [7, 11) is 0. The Bertz CT molecular complexity index is 487. The summed E-state index contributed by atoms with van der Waals surface area (Å²) >= 11 is 0. The molecule has 0 bridgehead atoms. The first-order valence-electron chi connectivity index (χ1n) is 6.66. The summed E-state index contributed by atoms with van der Waals surface area (Å²) in [6, 6.07) is 8.71. The van der Waals surface area contributed by atoms with Crippen LogP contribution in [0.4, 0.5) is 0 Å². The Balaban J connectivity index is 2.19. The van der Waals surface area contributed by atoms with Crippen molar-refractivity contribution in [2.24, 2.45) is 0 Å². The molecular weight excluding hydrogens is 218 g/mol. The molecule has 1 aromatic carbocycles. The molecule has 0 heterocycles. The molecular formula is C17H23N. The van der Waals surface area contributed by atoms with Gasteiger partial charge in [-0.05, 0) is 50.8 Å². The van der Waals surface area contributed by atoms with Gasteiger partial charge in [0, 0.05) is 12.1 Å². The van der Waals surface area contributed by atoms with Crippen LogP contribution in [0, 0.1) is 0 Å². The van der Waals surface area contributed by atoms with Crippen LogP contribution in [0.2, 0.25) is 0 Å². The van der Waals surface area contributed by atoms with Crippen molar-refractivity contribution in [1.29, 1.82) is 0 Å². The molecule has 0 fully saturated rings. The van der Waals surface area contributed by atoms with Gasteiger partial charge in [0.05, 0.1) is 0 Å². The maximum Gasteiger partial charge on any atom is 0.0216 e. The van der Waals surface area contributed by atoms with Gasteiger partial charge in [-0.15, -0.1) is 0 Å². The van der Waals surface area contributed by atoms with E-state index in [1.807, 2.05) is 0 Å². The average Bonchev–Trinajstić information content (AvgIpc) is 2.72. The number of benzene rings is 1. The molecule has 0 aromatic heterocycles. The van der Waals surface area contributed by atoms with E-state index < -0.39 is 0 Å². The van der Waals surface area contributed by atoms with Crippen LogP contribution in [0.3, 0.4) is 0 Å². The van der Waals surface area contributed by atoms with E-state index in [1.165, 1.54) is 22.3 Å². The lowest BCUT2D eigenvalue weighted by atomic mass is 9.98. The predicted molar refractivity (Wildman–Crippen MR) is 79.4 cm³/mol. The summed E-state index contributed by atoms with van der Waals surface area (Å²) < 4.78 is 0. The zero-order valence-corrected chi connectivity index (χ0v) is 11.9. The Morgan fingerprint density at radius 3 is 2.50 bits per heavy atom. The second kappa shape index (κ2) is 5.11. The van der Waals surface area contributed by atoms with Crippen LogP contribution in [-0.2, 0) is 6.54 Å². The van der Waals surface area contributed by atoms with Crippen molar-refractivity contribution >= 4 is 5.57 Å². The van der Waals surface area contributed by atoms with E-state index in [9.17, 15) is 0 Å². The van der Waals surface area contributed by atoms with E-state index in [2.05, 4.69) is 69.4 Å². The van der Waals surface area contributed by atoms with Gasteiger partial charge in [0.1, 0.15) is 0 Å². The minimum Gasteiger partial charge on any atom is -0.308 e. The normalized spacial score (nSPS) is 15.6. The second-order valence-electron chi connectivity index (χ2n) is 6.08. The van der Waals surface area contributed by atoms with Crippen molar-refractivity contribution in [2.45, 2.75) is 46.2 Å². The van der Waals surface area contributed by atoms with Crippen LogP contribution >= 0.6 is 0 Å². The SMILES string of the molecule is CC1=CCC(c2ccccc2CNC(C)(C)C)=C1. The average molecular weight is 241 g/mol. The molecule has 0 radical (unpaired) electrons. The van der Waals surface area contributed by atoms with E-state index in [0.29, 0.717) is 0 Å². The lowest BCUT2D eigenvalue weighted by molar-refractivity contribution is 0.424. The standard InChI is InChI=1S/C17H23N/c1-13-9-10-14(11-13)16-8-6-5-7-15(16)12-18-17(2,3)4/h5-9,11,18H,10,12H2,1-4H3. The molecule has 96 valence electrons. The molecule has 1 aromatic rings. The molecule has 0 spiro atoms. The highest BCUT2D eigenvalue weighted by Gasteiger charge is 2.13. The Morgan fingerprint density at radius 2 is 1.89 bits per heavy atom. The topological polar surface area (TPSA) is 12.0 Å². The summed E-state index contributed by atoms with van der Waals surface area (Å²) in [5.74, 6) is 0. The van der Waals surface area contributed by atoms with Crippen LogP contribution in [0.1, 0.15) is 45.2 Å². The first-order chi connectivity index (χ1) is 8.46. The Labute approximate surface area is 111 Å². The highest BCUT2D eigenvalue weighted by atomic mass is 14.9. The van der Waals surface area contributed by atoms with Gasteiger partial charge in [0.15, 0.2) is 0 Å². The fourth-order valence-corrected chi connectivity index (χ4v) is 2.20. The van der Waals surface area contributed by atoms with E-state index in [0.717, 1.165) is 13.0 Å². The van der Waals surface area contributed by atoms with Crippen molar-refractivity contribution in [1.82, 2.24) is 5.32 Å². The van der Waals surface area contributed by atoms with Crippen LogP contribution in [-0.4, -0.2) is 5.54 Å². The molecule has 0 saturated carbocycles. The van der Waals surface area contributed by atoms with Crippen LogP contribution < -0.4 is 5.32 Å². The molecule has 0 atom stereocenters. The maximum atomic E-state index is 3.57. The predicted octanol–water partition coefficient (Wildman–Crippen LogP) is 4.31. The van der Waals surface area contributed by atoms with Crippen molar-refractivity contribution in [2.75, 3.05) is 0 Å². The van der Waals surface area contributed by atoms with Gasteiger partial charge in [-0.3, -0.25) is 0 Å². The monoisotopic (exact) mass is 241 g/mol. The van der Waals surface area contributed by atoms with Crippen LogP contribution in [0.25, 0.3) is 5.57 Å². The third kappa shape index (κ3) is 3.33. The van der Waals surface area contributed by atoms with Gasteiger partial charge in [-0.25, -0.2) is 0 Å². The molecule has 18 heavy (non-hydrogen) atoms. The van der Waals surface area contributed by atoms with Gasteiger partial charge in [0.25, 0.3) is 0 Å². The molecule has 1 heteroatoms. The number of rotatable bonds is 3. The molecule has 1 aliphatic rings. The number of allylic oxidation sites excluding steroid dienone is 4. The van der Waals surface area contributed by atoms with Crippen molar-refractivity contribution in [3.63, 3.8) is 0 Å². The summed E-state index contributed by atoms with van der Waals surface area (Å²) in [4.78, 5) is 0. The Hall–Kier alpha value is -1.34. The van der Waals surface area contributed by atoms with Crippen LogP contribution in [0.15, 0.2) is 42.0 Å². The van der Waals surface area contributed by atoms with Gasteiger partial charge in [-0.1, -0.05) is 42.0 Å². The molecule has 1 N–H and O–H groups in total. The third-order valence-corrected chi connectivity index (χ3v) is 3.22. The summed E-state index contributed by atoms with van der Waals surface area (Å²) in [5, 5.41) is 3.57. The van der Waals surface area contributed by atoms with Crippen molar-refractivity contribution in [3.05, 3.63) is 53.1 Å². The molecule has 1 aliphatic carbocycles. The summed E-state index contributed by atoms with van der Waals surface area (Å²) in [5.41, 5.74) is 5.76. The second-order valence-corrected chi connectivity index (χ2v) is 6.08. The molecule has 2 rings (SSSR count). The Kier molecular flexibility index (Phi) is 3.72. The molecule has 0 amide bonds. The van der Waals surface area contributed by atoms with E-state index >= 15 is 0 Å². The minimum absolute atomic E-state index is 0.158.